The second kappa shape index (κ2) is 7.35. The maximum absolute atomic E-state index is 13.0. The molecule has 0 bridgehead atoms. The monoisotopic (exact) mass is 393 g/mol. The number of nitrogens with zero attached hydrogens (tertiary/aromatic N) is 2. The van der Waals surface area contributed by atoms with E-state index >= 15 is 0 Å². The Bertz CT molecular complexity index is 1150. The van der Waals surface area contributed by atoms with Gasteiger partial charge in [0.1, 0.15) is 5.82 Å². The van der Waals surface area contributed by atoms with Crippen molar-refractivity contribution < 1.29 is 4.79 Å². The number of hydrogen-bond acceptors (Lipinski definition) is 3. The molecule has 0 fully saturated rings. The minimum atomic E-state index is -0.295. The number of para-hydroxylation sites is 1. The molecule has 0 radical (unpaired) electrons. The molecule has 2 aromatic carbocycles. The van der Waals surface area contributed by atoms with Crippen molar-refractivity contribution in [1.29, 1.82) is 0 Å². The van der Waals surface area contributed by atoms with Crippen LogP contribution < -0.4 is 5.32 Å². The number of carbonyl (C=O) groups excluding carboxylic acids is 1. The molecule has 0 unspecified atom stereocenters. The van der Waals surface area contributed by atoms with Gasteiger partial charge in [-0.05, 0) is 30.3 Å². The molecular weight excluding hydrogens is 381 g/mol. The Labute approximate surface area is 165 Å². The number of fused-ring (bicyclic) bond motifs is 1. The molecule has 0 aliphatic heterocycles. The number of nitrogens with one attached hydrogen (secondary N) is 1. The zero-order chi connectivity index (χ0) is 18.8. The molecule has 4 nitrogen and oxygen atoms in total. The summed E-state index contributed by atoms with van der Waals surface area (Å²) >= 11 is 12.7. The highest BCUT2D eigenvalue weighted by atomic mass is 35.5. The zero-order valence-electron chi connectivity index (χ0n) is 14.0. The molecule has 0 atom stereocenters. The van der Waals surface area contributed by atoms with Gasteiger partial charge >= 0.3 is 0 Å². The Hall–Kier alpha value is -2.95. The highest BCUT2D eigenvalue weighted by Gasteiger charge is 2.17. The van der Waals surface area contributed by atoms with Gasteiger partial charge in [0.15, 0.2) is 0 Å². The van der Waals surface area contributed by atoms with Crippen LogP contribution in [0.25, 0.3) is 22.2 Å². The lowest BCUT2D eigenvalue weighted by Gasteiger charge is -2.12. The van der Waals surface area contributed by atoms with Crippen LogP contribution in [0.2, 0.25) is 10.0 Å². The summed E-state index contributed by atoms with van der Waals surface area (Å²) in [7, 11) is 0. The van der Waals surface area contributed by atoms with E-state index in [9.17, 15) is 4.79 Å². The smallest absolute Gasteiger partial charge is 0.257 e. The molecule has 6 heteroatoms. The summed E-state index contributed by atoms with van der Waals surface area (Å²) in [6, 6.07) is 19.7. The van der Waals surface area contributed by atoms with Crippen molar-refractivity contribution in [3.05, 3.63) is 88.5 Å². The van der Waals surface area contributed by atoms with Crippen molar-refractivity contribution in [2.24, 2.45) is 0 Å². The summed E-state index contributed by atoms with van der Waals surface area (Å²) in [5.74, 6) is 0.172. The maximum Gasteiger partial charge on any atom is 0.257 e. The van der Waals surface area contributed by atoms with Gasteiger partial charge in [0.25, 0.3) is 5.91 Å². The molecule has 2 heterocycles. The minimum Gasteiger partial charge on any atom is -0.307 e. The Morgan fingerprint density at radius 1 is 0.889 bits per heavy atom. The van der Waals surface area contributed by atoms with Crippen LogP contribution >= 0.6 is 23.2 Å². The van der Waals surface area contributed by atoms with Gasteiger partial charge < -0.3 is 5.32 Å². The molecule has 0 saturated heterocycles. The molecule has 2 aromatic heterocycles. The third-order valence-electron chi connectivity index (χ3n) is 4.09. The Balaban J connectivity index is 1.89. The summed E-state index contributed by atoms with van der Waals surface area (Å²) in [5, 5.41) is 4.48. The van der Waals surface area contributed by atoms with Gasteiger partial charge in [-0.25, -0.2) is 9.97 Å². The molecule has 1 amide bonds. The van der Waals surface area contributed by atoms with Crippen molar-refractivity contribution >= 4 is 45.8 Å². The van der Waals surface area contributed by atoms with E-state index < -0.39 is 0 Å². The number of pyridine rings is 2. The fourth-order valence-electron chi connectivity index (χ4n) is 2.83. The van der Waals surface area contributed by atoms with Gasteiger partial charge in [0.2, 0.25) is 0 Å². The van der Waals surface area contributed by atoms with E-state index in [0.29, 0.717) is 38.0 Å². The largest absolute Gasteiger partial charge is 0.307 e. The van der Waals surface area contributed by atoms with Gasteiger partial charge in [-0.1, -0.05) is 59.6 Å². The standard InChI is InChI=1S/C21H13Cl2N3O/c22-16-8-2-1-6-14(16)18-12-15(13-7-5-9-17(23)20(13)25-18)21(27)26-19-10-3-4-11-24-19/h1-12H,(H,24,26,27). The van der Waals surface area contributed by atoms with Crippen LogP contribution in [0.4, 0.5) is 5.82 Å². The fourth-order valence-corrected chi connectivity index (χ4v) is 3.28. The first kappa shape index (κ1) is 17.5. The molecule has 0 aliphatic rings. The third-order valence-corrected chi connectivity index (χ3v) is 4.73. The first-order valence-corrected chi connectivity index (χ1v) is 8.95. The highest BCUT2D eigenvalue weighted by Crippen LogP contribution is 2.32. The van der Waals surface area contributed by atoms with E-state index in [1.165, 1.54) is 0 Å². The quantitative estimate of drug-likeness (QED) is 0.474. The van der Waals surface area contributed by atoms with Gasteiger partial charge in [0.05, 0.1) is 21.8 Å². The van der Waals surface area contributed by atoms with E-state index in [0.717, 1.165) is 5.56 Å². The van der Waals surface area contributed by atoms with Crippen molar-refractivity contribution in [2.75, 3.05) is 5.32 Å². The molecule has 0 spiro atoms. The van der Waals surface area contributed by atoms with Crippen LogP contribution in [0.1, 0.15) is 10.4 Å². The number of aromatic nitrogens is 2. The number of carbonyl (C=O) groups is 1. The predicted molar refractivity (Wildman–Crippen MR) is 109 cm³/mol. The van der Waals surface area contributed by atoms with Crippen molar-refractivity contribution in [3.63, 3.8) is 0 Å². The molecule has 0 saturated carbocycles. The summed E-state index contributed by atoms with van der Waals surface area (Å²) in [4.78, 5) is 21.7. The second-order valence-electron chi connectivity index (χ2n) is 5.84. The molecule has 132 valence electrons. The Morgan fingerprint density at radius 3 is 2.44 bits per heavy atom. The van der Waals surface area contributed by atoms with Crippen LogP contribution in [-0.4, -0.2) is 15.9 Å². The van der Waals surface area contributed by atoms with Crippen LogP contribution in [0.5, 0.6) is 0 Å². The first-order chi connectivity index (χ1) is 13.1. The minimum absolute atomic E-state index is 0.295. The molecule has 1 N–H and O–H groups in total. The SMILES string of the molecule is O=C(Nc1ccccn1)c1cc(-c2ccccc2Cl)nc2c(Cl)cccc12. The maximum atomic E-state index is 13.0. The molecule has 4 rings (SSSR count). The Kier molecular flexibility index (Phi) is 4.75. The van der Waals surface area contributed by atoms with E-state index in [2.05, 4.69) is 15.3 Å². The normalized spacial score (nSPS) is 10.7. The lowest BCUT2D eigenvalue weighted by molar-refractivity contribution is 0.102. The predicted octanol–water partition coefficient (Wildman–Crippen LogP) is 5.86. The lowest BCUT2D eigenvalue weighted by atomic mass is 10.0. The number of benzene rings is 2. The zero-order valence-corrected chi connectivity index (χ0v) is 15.5. The van der Waals surface area contributed by atoms with Crippen molar-refractivity contribution in [2.45, 2.75) is 0 Å². The van der Waals surface area contributed by atoms with E-state index in [4.69, 9.17) is 23.2 Å². The summed E-state index contributed by atoms with van der Waals surface area (Å²) < 4.78 is 0. The number of hydrogen-bond donors (Lipinski definition) is 1. The van der Waals surface area contributed by atoms with Gasteiger partial charge in [-0.2, -0.15) is 0 Å². The average Bonchev–Trinajstić information content (AvgIpc) is 2.69. The average molecular weight is 394 g/mol. The molecule has 4 aromatic rings. The lowest BCUT2D eigenvalue weighted by Crippen LogP contribution is -2.14. The van der Waals surface area contributed by atoms with Crippen LogP contribution in [0, 0.1) is 0 Å². The van der Waals surface area contributed by atoms with Crippen molar-refractivity contribution in [3.8, 4) is 11.3 Å². The summed E-state index contributed by atoms with van der Waals surface area (Å²) in [6.07, 6.45) is 1.62. The number of rotatable bonds is 3. The summed E-state index contributed by atoms with van der Waals surface area (Å²) in [6.45, 7) is 0. The number of anilines is 1. The highest BCUT2D eigenvalue weighted by molar-refractivity contribution is 6.36. The van der Waals surface area contributed by atoms with Gasteiger partial charge in [0, 0.05) is 22.2 Å². The topological polar surface area (TPSA) is 54.9 Å². The molecular formula is C21H13Cl2N3O. The van der Waals surface area contributed by atoms with Gasteiger partial charge in [-0.3, -0.25) is 4.79 Å². The third kappa shape index (κ3) is 3.50. The van der Waals surface area contributed by atoms with Crippen LogP contribution in [0.15, 0.2) is 72.9 Å². The molecule has 0 aliphatic carbocycles. The van der Waals surface area contributed by atoms with Crippen molar-refractivity contribution in [1.82, 2.24) is 9.97 Å². The first-order valence-electron chi connectivity index (χ1n) is 8.20. The van der Waals surface area contributed by atoms with E-state index in [-0.39, 0.29) is 5.91 Å². The number of halogens is 2. The van der Waals surface area contributed by atoms with Crippen LogP contribution in [-0.2, 0) is 0 Å². The van der Waals surface area contributed by atoms with Crippen LogP contribution in [0.3, 0.4) is 0 Å². The fraction of sp³-hybridized carbons (Fsp3) is 0. The molecule has 27 heavy (non-hydrogen) atoms. The summed E-state index contributed by atoms with van der Waals surface area (Å²) in [5.41, 5.74) is 2.30. The van der Waals surface area contributed by atoms with E-state index in [1.54, 1.807) is 48.7 Å². The number of amides is 1. The van der Waals surface area contributed by atoms with E-state index in [1.807, 2.05) is 24.3 Å². The Morgan fingerprint density at radius 2 is 1.67 bits per heavy atom. The second-order valence-corrected chi connectivity index (χ2v) is 6.65. The van der Waals surface area contributed by atoms with Gasteiger partial charge in [-0.15, -0.1) is 0 Å².